The zero-order valence-electron chi connectivity index (χ0n) is 12.1. The summed E-state index contributed by atoms with van der Waals surface area (Å²) in [7, 11) is 0. The van der Waals surface area contributed by atoms with E-state index < -0.39 is 4.92 Å². The first-order chi connectivity index (χ1) is 10.1. The molecule has 21 heavy (non-hydrogen) atoms. The Hall–Kier alpha value is -2.45. The number of nitrogens with zero attached hydrogens (tertiary/aromatic N) is 3. The van der Waals surface area contributed by atoms with Gasteiger partial charge in [0.1, 0.15) is 6.33 Å². The summed E-state index contributed by atoms with van der Waals surface area (Å²) in [6.07, 6.45) is 2.15. The number of carbonyl (C=O) groups excluding carboxylic acids is 1. The lowest BCUT2D eigenvalue weighted by molar-refractivity contribution is -0.383. The van der Waals surface area contributed by atoms with E-state index in [2.05, 4.69) is 20.6 Å². The van der Waals surface area contributed by atoms with Crippen molar-refractivity contribution in [3.05, 3.63) is 16.4 Å². The van der Waals surface area contributed by atoms with Crippen molar-refractivity contribution in [1.29, 1.82) is 0 Å². The predicted octanol–water partition coefficient (Wildman–Crippen LogP) is 1.57. The summed E-state index contributed by atoms with van der Waals surface area (Å²) in [5.41, 5.74) is -0.227. The number of nitrogens with one attached hydrogen (secondary N) is 2. The molecular weight excluding hydrogens is 278 g/mol. The topological polar surface area (TPSA) is 119 Å². The zero-order valence-corrected chi connectivity index (χ0v) is 12.1. The highest BCUT2D eigenvalue weighted by molar-refractivity contribution is 5.72. The molecule has 1 aromatic rings. The number of anilines is 2. The van der Waals surface area contributed by atoms with Crippen molar-refractivity contribution in [3.63, 3.8) is 0 Å². The third-order valence-corrected chi connectivity index (χ3v) is 2.47. The molecule has 0 aliphatic rings. The van der Waals surface area contributed by atoms with Crippen molar-refractivity contribution in [1.82, 2.24) is 9.97 Å². The van der Waals surface area contributed by atoms with Crippen LogP contribution in [-0.2, 0) is 9.53 Å². The predicted molar refractivity (Wildman–Crippen MR) is 77.2 cm³/mol. The van der Waals surface area contributed by atoms with Gasteiger partial charge in [0.25, 0.3) is 0 Å². The van der Waals surface area contributed by atoms with Crippen LogP contribution in [0.5, 0.6) is 0 Å². The number of hydrogen-bond donors (Lipinski definition) is 2. The van der Waals surface area contributed by atoms with Crippen LogP contribution in [-0.4, -0.2) is 40.6 Å². The Morgan fingerprint density at radius 1 is 1.29 bits per heavy atom. The molecule has 0 radical (unpaired) electrons. The molecule has 0 spiro atoms. The van der Waals surface area contributed by atoms with Gasteiger partial charge >= 0.3 is 11.7 Å². The summed E-state index contributed by atoms with van der Waals surface area (Å²) in [5.74, 6) is -0.126. The molecular formula is C12H19N5O4. The van der Waals surface area contributed by atoms with Gasteiger partial charge < -0.3 is 15.4 Å². The number of carbonyl (C=O) groups is 1. The highest BCUT2D eigenvalue weighted by Crippen LogP contribution is 2.28. The van der Waals surface area contributed by atoms with Crippen LogP contribution < -0.4 is 10.6 Å². The second-order valence-electron chi connectivity index (χ2n) is 4.09. The van der Waals surface area contributed by atoms with Gasteiger partial charge in [0, 0.05) is 13.1 Å². The number of rotatable bonds is 9. The first-order valence-electron chi connectivity index (χ1n) is 6.72. The molecule has 1 aromatic heterocycles. The van der Waals surface area contributed by atoms with Gasteiger partial charge in [-0.05, 0) is 13.3 Å². The van der Waals surface area contributed by atoms with Crippen LogP contribution in [0.1, 0.15) is 26.7 Å². The lowest BCUT2D eigenvalue weighted by Crippen LogP contribution is -2.14. The number of ether oxygens (including phenoxy) is 1. The fourth-order valence-electron chi connectivity index (χ4n) is 1.57. The van der Waals surface area contributed by atoms with E-state index in [-0.39, 0.29) is 36.3 Å². The molecule has 1 heterocycles. The van der Waals surface area contributed by atoms with Gasteiger partial charge in [-0.1, -0.05) is 6.92 Å². The first kappa shape index (κ1) is 16.6. The van der Waals surface area contributed by atoms with Crippen molar-refractivity contribution >= 4 is 23.3 Å². The minimum atomic E-state index is -0.551. The van der Waals surface area contributed by atoms with E-state index >= 15 is 0 Å². The highest BCUT2D eigenvalue weighted by Gasteiger charge is 2.22. The third kappa shape index (κ3) is 5.21. The largest absolute Gasteiger partial charge is 0.466 e. The van der Waals surface area contributed by atoms with Gasteiger partial charge in [-0.3, -0.25) is 14.9 Å². The molecule has 0 amide bonds. The zero-order chi connectivity index (χ0) is 15.7. The molecule has 0 saturated heterocycles. The Labute approximate surface area is 122 Å². The summed E-state index contributed by atoms with van der Waals surface area (Å²) in [4.78, 5) is 29.6. The molecule has 0 fully saturated rings. The van der Waals surface area contributed by atoms with Crippen LogP contribution in [0.3, 0.4) is 0 Å². The van der Waals surface area contributed by atoms with E-state index in [1.807, 2.05) is 6.92 Å². The lowest BCUT2D eigenvalue weighted by atomic mass is 10.3. The standard InChI is InChI=1S/C12H19N5O4/c1-3-6-13-11-10(17(19)20)12(16-8-15-11)14-7-5-9(18)21-4-2/h8H,3-7H2,1-2H3,(H2,13,14,15,16). The van der Waals surface area contributed by atoms with Gasteiger partial charge in [-0.25, -0.2) is 9.97 Å². The van der Waals surface area contributed by atoms with E-state index in [4.69, 9.17) is 4.74 Å². The van der Waals surface area contributed by atoms with Gasteiger partial charge in [0.2, 0.25) is 11.6 Å². The molecule has 0 aromatic carbocycles. The van der Waals surface area contributed by atoms with Crippen LogP contribution >= 0.6 is 0 Å². The summed E-state index contributed by atoms with van der Waals surface area (Å²) < 4.78 is 4.78. The molecule has 0 unspecified atom stereocenters. The molecule has 9 nitrogen and oxygen atoms in total. The summed E-state index contributed by atoms with van der Waals surface area (Å²) in [6, 6.07) is 0. The number of esters is 1. The van der Waals surface area contributed by atoms with Crippen LogP contribution in [0.4, 0.5) is 17.3 Å². The Morgan fingerprint density at radius 3 is 2.43 bits per heavy atom. The molecule has 0 bridgehead atoms. The molecule has 0 atom stereocenters. The maximum atomic E-state index is 11.2. The van der Waals surface area contributed by atoms with Crippen molar-refractivity contribution in [2.24, 2.45) is 0 Å². The maximum absolute atomic E-state index is 11.2. The second-order valence-corrected chi connectivity index (χ2v) is 4.09. The molecule has 9 heteroatoms. The monoisotopic (exact) mass is 297 g/mol. The third-order valence-electron chi connectivity index (χ3n) is 2.47. The Balaban J connectivity index is 2.76. The SMILES string of the molecule is CCCNc1ncnc(NCCC(=O)OCC)c1[N+](=O)[O-]. The van der Waals surface area contributed by atoms with E-state index in [0.717, 1.165) is 6.42 Å². The molecule has 0 aliphatic heterocycles. The van der Waals surface area contributed by atoms with Crippen molar-refractivity contribution in [3.8, 4) is 0 Å². The number of hydrogen-bond acceptors (Lipinski definition) is 8. The van der Waals surface area contributed by atoms with Crippen LogP contribution in [0.15, 0.2) is 6.33 Å². The minimum Gasteiger partial charge on any atom is -0.466 e. The Morgan fingerprint density at radius 2 is 1.90 bits per heavy atom. The van der Waals surface area contributed by atoms with Crippen LogP contribution in [0, 0.1) is 10.1 Å². The number of aromatic nitrogens is 2. The van der Waals surface area contributed by atoms with Gasteiger partial charge in [-0.2, -0.15) is 0 Å². The van der Waals surface area contributed by atoms with Crippen molar-refractivity contribution < 1.29 is 14.5 Å². The average Bonchev–Trinajstić information content (AvgIpc) is 2.45. The van der Waals surface area contributed by atoms with Gasteiger partial charge in [0.05, 0.1) is 18.0 Å². The van der Waals surface area contributed by atoms with Crippen molar-refractivity contribution in [2.45, 2.75) is 26.7 Å². The average molecular weight is 297 g/mol. The maximum Gasteiger partial charge on any atom is 0.353 e. The number of nitro groups is 1. The van der Waals surface area contributed by atoms with Gasteiger partial charge in [0.15, 0.2) is 0 Å². The molecule has 2 N–H and O–H groups in total. The molecule has 0 aliphatic carbocycles. The van der Waals surface area contributed by atoms with Crippen LogP contribution in [0.2, 0.25) is 0 Å². The fraction of sp³-hybridized carbons (Fsp3) is 0.583. The van der Waals surface area contributed by atoms with Crippen LogP contribution in [0.25, 0.3) is 0 Å². The Bertz CT molecular complexity index is 495. The smallest absolute Gasteiger partial charge is 0.353 e. The Kier molecular flexibility index (Phi) is 6.85. The fourth-order valence-corrected chi connectivity index (χ4v) is 1.57. The van der Waals surface area contributed by atoms with Gasteiger partial charge in [-0.15, -0.1) is 0 Å². The molecule has 116 valence electrons. The molecule has 1 rings (SSSR count). The lowest BCUT2D eigenvalue weighted by Gasteiger charge is -2.09. The molecule has 0 saturated carbocycles. The van der Waals surface area contributed by atoms with E-state index in [9.17, 15) is 14.9 Å². The second kappa shape index (κ2) is 8.67. The van der Waals surface area contributed by atoms with E-state index in [1.165, 1.54) is 6.33 Å². The first-order valence-corrected chi connectivity index (χ1v) is 6.72. The minimum absolute atomic E-state index is 0.0814. The van der Waals surface area contributed by atoms with Crippen molar-refractivity contribution in [2.75, 3.05) is 30.3 Å². The summed E-state index contributed by atoms with van der Waals surface area (Å²) in [5, 5.41) is 16.8. The highest BCUT2D eigenvalue weighted by atomic mass is 16.6. The van der Waals surface area contributed by atoms with E-state index in [0.29, 0.717) is 13.2 Å². The quantitative estimate of drug-likeness (QED) is 0.400. The summed E-state index contributed by atoms with van der Waals surface area (Å²) >= 11 is 0. The summed E-state index contributed by atoms with van der Waals surface area (Å²) in [6.45, 7) is 4.73. The normalized spacial score (nSPS) is 10.0. The van der Waals surface area contributed by atoms with E-state index in [1.54, 1.807) is 6.92 Å².